The van der Waals surface area contributed by atoms with Gasteiger partial charge in [-0.1, -0.05) is 44.4 Å². The maximum absolute atomic E-state index is 11.2. The molecule has 0 N–H and O–H groups in total. The van der Waals surface area contributed by atoms with Crippen molar-refractivity contribution in [2.75, 3.05) is 0 Å². The monoisotopic (exact) mass is 230 g/mol. The molecule has 0 aromatic heterocycles. The number of benzene rings is 1. The fraction of sp³-hybridized carbons (Fsp3) is 0.562. The first-order chi connectivity index (χ1) is 8.27. The van der Waals surface area contributed by atoms with Crippen molar-refractivity contribution < 1.29 is 4.79 Å². The first kappa shape index (κ1) is 12.3. The Morgan fingerprint density at radius 1 is 1.29 bits per heavy atom. The lowest BCUT2D eigenvalue weighted by molar-refractivity contribution is 0.112. The number of rotatable bonds is 3. The minimum Gasteiger partial charge on any atom is -0.298 e. The van der Waals surface area contributed by atoms with Gasteiger partial charge in [0.1, 0.15) is 6.29 Å². The van der Waals surface area contributed by atoms with E-state index in [2.05, 4.69) is 19.9 Å². The Morgan fingerprint density at radius 3 is 2.76 bits per heavy atom. The minimum absolute atomic E-state index is 0.607. The van der Waals surface area contributed by atoms with Crippen LogP contribution in [0.5, 0.6) is 0 Å². The van der Waals surface area contributed by atoms with Gasteiger partial charge in [-0.05, 0) is 42.7 Å². The summed E-state index contributed by atoms with van der Waals surface area (Å²) in [7, 11) is 0. The zero-order valence-electron chi connectivity index (χ0n) is 10.9. The summed E-state index contributed by atoms with van der Waals surface area (Å²) in [5, 5.41) is 0. The van der Waals surface area contributed by atoms with Gasteiger partial charge in [0.05, 0.1) is 0 Å². The van der Waals surface area contributed by atoms with Crippen molar-refractivity contribution in [3.8, 4) is 0 Å². The van der Waals surface area contributed by atoms with Crippen molar-refractivity contribution in [1.29, 1.82) is 0 Å². The van der Waals surface area contributed by atoms with Gasteiger partial charge in [0.15, 0.2) is 0 Å². The standard InChI is InChI=1S/C16H22O/c1-3-13-8-4-5-10-15(13)16-12(2)7-6-9-14(16)11-17/h6-7,9,11,13,15H,3-5,8,10H2,1-2H3. The van der Waals surface area contributed by atoms with Crippen molar-refractivity contribution in [2.45, 2.75) is 51.9 Å². The largest absolute Gasteiger partial charge is 0.298 e. The van der Waals surface area contributed by atoms with E-state index in [1.165, 1.54) is 43.2 Å². The second-order valence-corrected chi connectivity index (χ2v) is 5.25. The van der Waals surface area contributed by atoms with E-state index in [0.29, 0.717) is 5.92 Å². The van der Waals surface area contributed by atoms with Crippen LogP contribution in [0.4, 0.5) is 0 Å². The molecule has 1 aliphatic rings. The summed E-state index contributed by atoms with van der Waals surface area (Å²) in [5.41, 5.74) is 3.53. The molecule has 2 atom stereocenters. The van der Waals surface area contributed by atoms with E-state index in [1.807, 2.05) is 12.1 Å². The molecule has 1 aromatic carbocycles. The summed E-state index contributed by atoms with van der Waals surface area (Å²) in [6.07, 6.45) is 7.52. The van der Waals surface area contributed by atoms with E-state index in [0.717, 1.165) is 17.8 Å². The van der Waals surface area contributed by atoms with Crippen LogP contribution in [-0.4, -0.2) is 6.29 Å². The summed E-state index contributed by atoms with van der Waals surface area (Å²) in [4.78, 5) is 11.2. The fourth-order valence-electron chi connectivity index (χ4n) is 3.39. The summed E-state index contributed by atoms with van der Waals surface area (Å²) in [6.45, 7) is 4.42. The zero-order valence-corrected chi connectivity index (χ0v) is 10.9. The Balaban J connectivity index is 2.40. The van der Waals surface area contributed by atoms with Crippen molar-refractivity contribution in [3.63, 3.8) is 0 Å². The van der Waals surface area contributed by atoms with E-state index >= 15 is 0 Å². The Kier molecular flexibility index (Phi) is 3.98. The third-order valence-corrected chi connectivity index (χ3v) is 4.29. The minimum atomic E-state index is 0.607. The van der Waals surface area contributed by atoms with Gasteiger partial charge in [0.25, 0.3) is 0 Å². The van der Waals surface area contributed by atoms with E-state index < -0.39 is 0 Å². The number of hydrogen-bond donors (Lipinski definition) is 0. The second kappa shape index (κ2) is 5.48. The van der Waals surface area contributed by atoms with Gasteiger partial charge in [-0.2, -0.15) is 0 Å². The average Bonchev–Trinajstić information content (AvgIpc) is 2.38. The number of carbonyl (C=O) groups is 1. The lowest BCUT2D eigenvalue weighted by Crippen LogP contribution is -2.19. The Bertz CT molecular complexity index is 395. The topological polar surface area (TPSA) is 17.1 Å². The lowest BCUT2D eigenvalue weighted by Gasteiger charge is -2.33. The number of aldehydes is 1. The van der Waals surface area contributed by atoms with Gasteiger partial charge < -0.3 is 0 Å². The van der Waals surface area contributed by atoms with Crippen LogP contribution in [0.1, 0.15) is 66.4 Å². The molecule has 0 aliphatic heterocycles. The van der Waals surface area contributed by atoms with Crippen LogP contribution < -0.4 is 0 Å². The second-order valence-electron chi connectivity index (χ2n) is 5.25. The number of hydrogen-bond acceptors (Lipinski definition) is 1. The molecule has 1 aromatic rings. The van der Waals surface area contributed by atoms with Crippen molar-refractivity contribution in [2.24, 2.45) is 5.92 Å². The quantitative estimate of drug-likeness (QED) is 0.699. The average molecular weight is 230 g/mol. The first-order valence-electron chi connectivity index (χ1n) is 6.82. The molecular weight excluding hydrogens is 208 g/mol. The van der Waals surface area contributed by atoms with E-state index in [9.17, 15) is 4.79 Å². The van der Waals surface area contributed by atoms with Crippen molar-refractivity contribution in [3.05, 3.63) is 34.9 Å². The van der Waals surface area contributed by atoms with Crippen LogP contribution in [0.15, 0.2) is 18.2 Å². The van der Waals surface area contributed by atoms with Crippen molar-refractivity contribution in [1.82, 2.24) is 0 Å². The summed E-state index contributed by atoms with van der Waals surface area (Å²) in [6, 6.07) is 6.10. The zero-order chi connectivity index (χ0) is 12.3. The van der Waals surface area contributed by atoms with Gasteiger partial charge in [-0.3, -0.25) is 4.79 Å². The highest BCUT2D eigenvalue weighted by Gasteiger charge is 2.27. The van der Waals surface area contributed by atoms with Gasteiger partial charge in [0.2, 0.25) is 0 Å². The molecule has 0 bridgehead atoms. The lowest BCUT2D eigenvalue weighted by atomic mass is 9.72. The molecule has 1 nitrogen and oxygen atoms in total. The first-order valence-corrected chi connectivity index (χ1v) is 6.82. The predicted octanol–water partition coefficient (Wildman–Crippen LogP) is 4.49. The molecule has 17 heavy (non-hydrogen) atoms. The Hall–Kier alpha value is -1.11. The molecule has 1 saturated carbocycles. The third-order valence-electron chi connectivity index (χ3n) is 4.29. The van der Waals surface area contributed by atoms with Crippen LogP contribution >= 0.6 is 0 Å². The smallest absolute Gasteiger partial charge is 0.150 e. The van der Waals surface area contributed by atoms with Gasteiger partial charge in [-0.15, -0.1) is 0 Å². The highest BCUT2D eigenvalue weighted by atomic mass is 16.1. The van der Waals surface area contributed by atoms with Crippen molar-refractivity contribution >= 4 is 6.29 Å². The molecule has 0 saturated heterocycles. The van der Waals surface area contributed by atoms with Gasteiger partial charge in [0, 0.05) is 5.56 Å². The van der Waals surface area contributed by atoms with Crippen LogP contribution in [0.2, 0.25) is 0 Å². The molecule has 2 unspecified atom stereocenters. The maximum Gasteiger partial charge on any atom is 0.150 e. The Labute approximate surface area is 104 Å². The van der Waals surface area contributed by atoms with Crippen LogP contribution in [0, 0.1) is 12.8 Å². The highest BCUT2D eigenvalue weighted by Crippen LogP contribution is 2.41. The normalized spacial score (nSPS) is 24.6. The molecule has 0 radical (unpaired) electrons. The van der Waals surface area contributed by atoms with E-state index in [1.54, 1.807) is 0 Å². The summed E-state index contributed by atoms with van der Waals surface area (Å²) < 4.78 is 0. The number of carbonyl (C=O) groups excluding carboxylic acids is 1. The molecule has 0 heterocycles. The Morgan fingerprint density at radius 2 is 2.06 bits per heavy atom. The summed E-state index contributed by atoms with van der Waals surface area (Å²) >= 11 is 0. The fourth-order valence-corrected chi connectivity index (χ4v) is 3.39. The summed E-state index contributed by atoms with van der Waals surface area (Å²) in [5.74, 6) is 1.37. The van der Waals surface area contributed by atoms with E-state index in [4.69, 9.17) is 0 Å². The molecule has 0 spiro atoms. The van der Waals surface area contributed by atoms with E-state index in [-0.39, 0.29) is 0 Å². The van der Waals surface area contributed by atoms with Gasteiger partial charge >= 0.3 is 0 Å². The SMILES string of the molecule is CCC1CCCCC1c1c(C)cccc1C=O. The third kappa shape index (κ3) is 2.43. The van der Waals surface area contributed by atoms with Crippen LogP contribution in [0.25, 0.3) is 0 Å². The van der Waals surface area contributed by atoms with Crippen LogP contribution in [0.3, 0.4) is 0 Å². The van der Waals surface area contributed by atoms with Gasteiger partial charge in [-0.25, -0.2) is 0 Å². The molecule has 0 amide bonds. The predicted molar refractivity (Wildman–Crippen MR) is 71.6 cm³/mol. The molecule has 1 heteroatoms. The maximum atomic E-state index is 11.2. The van der Waals surface area contributed by atoms with Crippen LogP contribution in [-0.2, 0) is 0 Å². The highest BCUT2D eigenvalue weighted by molar-refractivity contribution is 5.78. The molecule has 1 aliphatic carbocycles. The molecular formula is C16H22O. The molecule has 1 fully saturated rings. The molecule has 92 valence electrons. The molecule has 2 rings (SSSR count). The number of aryl methyl sites for hydroxylation is 1.